The number of aryl methyl sites for hydroxylation is 1. The first-order chi connectivity index (χ1) is 9.79. The van der Waals surface area contributed by atoms with E-state index in [1.807, 2.05) is 0 Å². The summed E-state index contributed by atoms with van der Waals surface area (Å²) < 4.78 is 0. The maximum atomic E-state index is 3.91. The van der Waals surface area contributed by atoms with Gasteiger partial charge in [0.25, 0.3) is 0 Å². The molecule has 104 valence electrons. The van der Waals surface area contributed by atoms with E-state index in [1.54, 1.807) is 0 Å². The molecule has 2 aromatic carbocycles. The van der Waals surface area contributed by atoms with Crippen LogP contribution in [-0.2, 0) is 6.42 Å². The Labute approximate surface area is 130 Å². The molecule has 0 spiro atoms. The lowest BCUT2D eigenvalue weighted by Crippen LogP contribution is -1.95. The first kappa shape index (κ1) is 13.9. The van der Waals surface area contributed by atoms with Crippen molar-refractivity contribution in [2.75, 3.05) is 0 Å². The molecule has 3 atom stereocenters. The van der Waals surface area contributed by atoms with E-state index in [-0.39, 0.29) is 0 Å². The Balaban J connectivity index is 1.67. The standard InChI is InChI=1S/C19H21Br/c1-2-6-14-9-11-16(12-10-14)19(20)18-13-17(18)15-7-4-3-5-8-15/h3-5,7-12,17-19H,2,6,13H2,1H3. The molecule has 1 fully saturated rings. The highest BCUT2D eigenvalue weighted by Crippen LogP contribution is 2.57. The molecule has 0 amide bonds. The second-order valence-corrected chi connectivity index (χ2v) is 6.80. The van der Waals surface area contributed by atoms with Crippen LogP contribution in [0.4, 0.5) is 0 Å². The molecule has 1 heteroatoms. The van der Waals surface area contributed by atoms with Crippen LogP contribution in [-0.4, -0.2) is 0 Å². The van der Waals surface area contributed by atoms with E-state index in [9.17, 15) is 0 Å². The summed E-state index contributed by atoms with van der Waals surface area (Å²) in [5.74, 6) is 1.48. The molecule has 0 aromatic heterocycles. The summed E-state index contributed by atoms with van der Waals surface area (Å²) >= 11 is 3.91. The van der Waals surface area contributed by atoms with Crippen LogP contribution >= 0.6 is 15.9 Å². The Morgan fingerprint density at radius 3 is 2.40 bits per heavy atom. The van der Waals surface area contributed by atoms with E-state index in [4.69, 9.17) is 0 Å². The van der Waals surface area contributed by atoms with Crippen LogP contribution in [0.25, 0.3) is 0 Å². The topological polar surface area (TPSA) is 0 Å². The van der Waals surface area contributed by atoms with Crippen molar-refractivity contribution in [1.82, 2.24) is 0 Å². The summed E-state index contributed by atoms with van der Waals surface area (Å²) in [6, 6.07) is 20.1. The van der Waals surface area contributed by atoms with Crippen LogP contribution in [0.15, 0.2) is 54.6 Å². The normalized spacial score (nSPS) is 22.5. The molecule has 2 aromatic rings. The summed E-state index contributed by atoms with van der Waals surface area (Å²) in [6.45, 7) is 2.23. The van der Waals surface area contributed by atoms with Gasteiger partial charge in [-0.05, 0) is 41.4 Å². The molecular weight excluding hydrogens is 308 g/mol. The van der Waals surface area contributed by atoms with E-state index in [1.165, 1.54) is 36.0 Å². The lowest BCUT2D eigenvalue weighted by Gasteiger charge is -2.11. The molecule has 0 radical (unpaired) electrons. The second kappa shape index (κ2) is 6.13. The highest BCUT2D eigenvalue weighted by atomic mass is 79.9. The number of rotatable bonds is 5. The molecule has 0 saturated heterocycles. The molecule has 0 aliphatic heterocycles. The Morgan fingerprint density at radius 1 is 1.05 bits per heavy atom. The fraction of sp³-hybridized carbons (Fsp3) is 0.368. The third-order valence-corrected chi connectivity index (χ3v) is 5.49. The Kier molecular flexibility index (Phi) is 4.26. The predicted octanol–water partition coefficient (Wildman–Crippen LogP) is 5.88. The SMILES string of the molecule is CCCc1ccc(C(Br)C2CC2c2ccccc2)cc1. The smallest absolute Gasteiger partial charge is 0.0429 e. The van der Waals surface area contributed by atoms with Crippen molar-refractivity contribution in [3.8, 4) is 0 Å². The third kappa shape index (κ3) is 2.98. The molecule has 1 aliphatic rings. The minimum atomic E-state index is 0.489. The van der Waals surface area contributed by atoms with E-state index < -0.39 is 0 Å². The molecular formula is C19H21Br. The van der Waals surface area contributed by atoms with Crippen LogP contribution in [0.2, 0.25) is 0 Å². The van der Waals surface area contributed by atoms with Crippen LogP contribution < -0.4 is 0 Å². The minimum Gasteiger partial charge on any atom is -0.0836 e. The molecule has 1 saturated carbocycles. The van der Waals surface area contributed by atoms with Crippen LogP contribution in [0.5, 0.6) is 0 Å². The van der Waals surface area contributed by atoms with Gasteiger partial charge in [-0.25, -0.2) is 0 Å². The average Bonchev–Trinajstić information content (AvgIpc) is 3.29. The fourth-order valence-corrected chi connectivity index (χ4v) is 3.92. The summed E-state index contributed by atoms with van der Waals surface area (Å²) in [5.41, 5.74) is 4.36. The first-order valence-corrected chi connectivity index (χ1v) is 8.49. The van der Waals surface area contributed by atoms with E-state index in [0.717, 1.165) is 11.8 Å². The largest absolute Gasteiger partial charge is 0.0836 e. The van der Waals surface area contributed by atoms with Crippen molar-refractivity contribution in [3.05, 3.63) is 71.3 Å². The number of halogens is 1. The average molecular weight is 329 g/mol. The molecule has 0 N–H and O–H groups in total. The van der Waals surface area contributed by atoms with Gasteiger partial charge in [0.2, 0.25) is 0 Å². The Morgan fingerprint density at radius 2 is 1.75 bits per heavy atom. The van der Waals surface area contributed by atoms with Crippen molar-refractivity contribution in [2.24, 2.45) is 5.92 Å². The van der Waals surface area contributed by atoms with Gasteiger partial charge in [-0.1, -0.05) is 83.9 Å². The molecule has 1 aliphatic carbocycles. The molecule has 0 heterocycles. The number of benzene rings is 2. The van der Waals surface area contributed by atoms with Gasteiger partial charge in [-0.3, -0.25) is 0 Å². The molecule has 0 nitrogen and oxygen atoms in total. The Hall–Kier alpha value is -1.08. The summed E-state index contributed by atoms with van der Waals surface area (Å²) in [4.78, 5) is 0.489. The van der Waals surface area contributed by atoms with Gasteiger partial charge in [0, 0.05) is 4.83 Å². The maximum Gasteiger partial charge on any atom is 0.0429 e. The lowest BCUT2D eigenvalue weighted by molar-refractivity contribution is 0.785. The Bertz CT molecular complexity index is 544. The fourth-order valence-electron chi connectivity index (χ4n) is 3.03. The highest BCUT2D eigenvalue weighted by molar-refractivity contribution is 9.09. The third-order valence-electron chi connectivity index (χ3n) is 4.28. The zero-order valence-corrected chi connectivity index (χ0v) is 13.5. The van der Waals surface area contributed by atoms with Gasteiger partial charge >= 0.3 is 0 Å². The molecule has 20 heavy (non-hydrogen) atoms. The quantitative estimate of drug-likeness (QED) is 0.601. The van der Waals surface area contributed by atoms with Gasteiger partial charge in [-0.2, -0.15) is 0 Å². The number of alkyl halides is 1. The van der Waals surface area contributed by atoms with Crippen molar-refractivity contribution in [1.29, 1.82) is 0 Å². The van der Waals surface area contributed by atoms with Crippen molar-refractivity contribution in [2.45, 2.75) is 36.9 Å². The lowest BCUT2D eigenvalue weighted by atomic mass is 10.0. The van der Waals surface area contributed by atoms with Crippen LogP contribution in [0.3, 0.4) is 0 Å². The molecule has 0 bridgehead atoms. The second-order valence-electron chi connectivity index (χ2n) is 5.81. The van der Waals surface area contributed by atoms with Crippen molar-refractivity contribution in [3.63, 3.8) is 0 Å². The van der Waals surface area contributed by atoms with E-state index >= 15 is 0 Å². The van der Waals surface area contributed by atoms with Gasteiger partial charge in [0.1, 0.15) is 0 Å². The monoisotopic (exact) mass is 328 g/mol. The van der Waals surface area contributed by atoms with Gasteiger partial charge in [0.15, 0.2) is 0 Å². The molecule has 3 rings (SSSR count). The highest BCUT2D eigenvalue weighted by Gasteiger charge is 2.43. The van der Waals surface area contributed by atoms with E-state index in [0.29, 0.717) is 4.83 Å². The summed E-state index contributed by atoms with van der Waals surface area (Å²) in [7, 11) is 0. The van der Waals surface area contributed by atoms with Crippen molar-refractivity contribution < 1.29 is 0 Å². The van der Waals surface area contributed by atoms with Gasteiger partial charge in [0.05, 0.1) is 0 Å². The zero-order chi connectivity index (χ0) is 13.9. The number of hydrogen-bond acceptors (Lipinski definition) is 0. The van der Waals surface area contributed by atoms with Gasteiger partial charge in [-0.15, -0.1) is 0 Å². The first-order valence-electron chi connectivity index (χ1n) is 7.57. The zero-order valence-electron chi connectivity index (χ0n) is 11.9. The number of hydrogen-bond donors (Lipinski definition) is 0. The van der Waals surface area contributed by atoms with Crippen molar-refractivity contribution >= 4 is 15.9 Å². The molecule has 3 unspecified atom stereocenters. The maximum absolute atomic E-state index is 3.91. The van der Waals surface area contributed by atoms with Crippen LogP contribution in [0, 0.1) is 5.92 Å². The van der Waals surface area contributed by atoms with Crippen LogP contribution in [0.1, 0.15) is 47.2 Å². The minimum absolute atomic E-state index is 0.489. The summed E-state index contributed by atoms with van der Waals surface area (Å²) in [5, 5.41) is 0. The van der Waals surface area contributed by atoms with Gasteiger partial charge < -0.3 is 0 Å². The predicted molar refractivity (Wildman–Crippen MR) is 89.4 cm³/mol. The van der Waals surface area contributed by atoms with E-state index in [2.05, 4.69) is 77.5 Å². The summed E-state index contributed by atoms with van der Waals surface area (Å²) in [6.07, 6.45) is 3.70.